The van der Waals surface area contributed by atoms with Gasteiger partial charge in [-0.3, -0.25) is 4.98 Å². The fraction of sp³-hybridized carbons (Fsp3) is 0.250. The van der Waals surface area contributed by atoms with E-state index in [0.717, 1.165) is 23.1 Å². The third kappa shape index (κ3) is 0.888. The Morgan fingerprint density at radius 3 is 3.27 bits per heavy atom. The number of hydrogen-bond acceptors (Lipinski definition) is 3. The molecule has 3 nitrogen and oxygen atoms in total. The molecule has 0 fully saturated rings. The van der Waals surface area contributed by atoms with Crippen LogP contribution >= 0.6 is 0 Å². The van der Waals surface area contributed by atoms with E-state index in [4.69, 9.17) is 4.52 Å². The number of nitrogens with zero attached hydrogens (tertiary/aromatic N) is 2. The standard InChI is InChI=1S/C8H8N2O/c1-2-7-8-6(3-4-9-7)5-10-11-8/h3-5H,2H2,1H3. The average molecular weight is 148 g/mol. The van der Waals surface area contributed by atoms with E-state index in [1.54, 1.807) is 12.4 Å². The molecule has 11 heavy (non-hydrogen) atoms. The summed E-state index contributed by atoms with van der Waals surface area (Å²) < 4.78 is 5.03. The van der Waals surface area contributed by atoms with Gasteiger partial charge < -0.3 is 4.52 Å². The van der Waals surface area contributed by atoms with Crippen LogP contribution in [0.2, 0.25) is 0 Å². The maximum atomic E-state index is 5.03. The van der Waals surface area contributed by atoms with Crippen molar-refractivity contribution in [2.24, 2.45) is 0 Å². The highest BCUT2D eigenvalue weighted by molar-refractivity contribution is 5.77. The van der Waals surface area contributed by atoms with Gasteiger partial charge in [0, 0.05) is 11.6 Å². The Labute approximate surface area is 64.0 Å². The molecule has 0 aromatic carbocycles. The molecule has 0 N–H and O–H groups in total. The Morgan fingerprint density at radius 1 is 1.55 bits per heavy atom. The van der Waals surface area contributed by atoms with Gasteiger partial charge >= 0.3 is 0 Å². The number of pyridine rings is 1. The number of hydrogen-bond donors (Lipinski definition) is 0. The van der Waals surface area contributed by atoms with Gasteiger partial charge in [0.05, 0.1) is 11.9 Å². The lowest BCUT2D eigenvalue weighted by Gasteiger charge is -1.92. The molecular weight excluding hydrogens is 140 g/mol. The molecule has 0 aliphatic heterocycles. The van der Waals surface area contributed by atoms with Crippen molar-refractivity contribution < 1.29 is 4.52 Å². The number of rotatable bonds is 1. The van der Waals surface area contributed by atoms with Gasteiger partial charge in [0.25, 0.3) is 0 Å². The summed E-state index contributed by atoms with van der Waals surface area (Å²) in [4.78, 5) is 4.16. The normalized spacial score (nSPS) is 10.6. The molecule has 2 aromatic rings. The zero-order valence-electron chi connectivity index (χ0n) is 6.24. The smallest absolute Gasteiger partial charge is 0.188 e. The van der Waals surface area contributed by atoms with Crippen molar-refractivity contribution in [3.05, 3.63) is 24.2 Å². The molecule has 0 aliphatic carbocycles. The molecule has 0 saturated carbocycles. The van der Waals surface area contributed by atoms with Crippen LogP contribution in [0.15, 0.2) is 23.0 Å². The SMILES string of the molecule is CCc1nccc2cnoc12. The summed E-state index contributed by atoms with van der Waals surface area (Å²) >= 11 is 0. The number of aryl methyl sites for hydroxylation is 1. The van der Waals surface area contributed by atoms with Crippen molar-refractivity contribution in [3.63, 3.8) is 0 Å². The fourth-order valence-electron chi connectivity index (χ4n) is 1.10. The predicted molar refractivity (Wildman–Crippen MR) is 41.2 cm³/mol. The lowest BCUT2D eigenvalue weighted by molar-refractivity contribution is 0.453. The van der Waals surface area contributed by atoms with Crippen molar-refractivity contribution >= 4 is 11.0 Å². The third-order valence-electron chi connectivity index (χ3n) is 1.68. The van der Waals surface area contributed by atoms with Gasteiger partial charge in [0.1, 0.15) is 0 Å². The summed E-state index contributed by atoms with van der Waals surface area (Å²) in [6.45, 7) is 2.05. The second-order valence-electron chi connectivity index (χ2n) is 2.36. The number of fused-ring (bicyclic) bond motifs is 1. The van der Waals surface area contributed by atoms with Crippen LogP contribution in [0.1, 0.15) is 12.6 Å². The van der Waals surface area contributed by atoms with Crippen molar-refractivity contribution in [2.45, 2.75) is 13.3 Å². The molecule has 0 spiro atoms. The molecule has 2 aromatic heterocycles. The zero-order chi connectivity index (χ0) is 7.68. The summed E-state index contributed by atoms with van der Waals surface area (Å²) in [5.74, 6) is 0. The molecule has 0 radical (unpaired) electrons. The lowest BCUT2D eigenvalue weighted by Crippen LogP contribution is -1.84. The lowest BCUT2D eigenvalue weighted by atomic mass is 10.2. The van der Waals surface area contributed by atoms with Crippen LogP contribution in [0.5, 0.6) is 0 Å². The summed E-state index contributed by atoms with van der Waals surface area (Å²) in [5.41, 5.74) is 1.79. The molecule has 0 unspecified atom stereocenters. The van der Waals surface area contributed by atoms with E-state index in [1.165, 1.54) is 0 Å². The minimum Gasteiger partial charge on any atom is -0.354 e. The van der Waals surface area contributed by atoms with Crippen molar-refractivity contribution in [1.82, 2.24) is 10.1 Å². The number of aromatic nitrogens is 2. The second kappa shape index (κ2) is 2.34. The molecule has 2 heterocycles. The molecule has 2 rings (SSSR count). The van der Waals surface area contributed by atoms with Gasteiger partial charge in [-0.05, 0) is 12.5 Å². The van der Waals surface area contributed by atoms with E-state index in [2.05, 4.69) is 10.1 Å². The van der Waals surface area contributed by atoms with Crippen LogP contribution < -0.4 is 0 Å². The van der Waals surface area contributed by atoms with E-state index >= 15 is 0 Å². The highest BCUT2D eigenvalue weighted by Gasteiger charge is 2.02. The first-order valence-corrected chi connectivity index (χ1v) is 3.60. The van der Waals surface area contributed by atoms with E-state index in [0.29, 0.717) is 0 Å². The molecule has 0 bridgehead atoms. The maximum Gasteiger partial charge on any atom is 0.188 e. The Bertz CT molecular complexity index is 367. The summed E-state index contributed by atoms with van der Waals surface area (Å²) in [5, 5.41) is 4.72. The van der Waals surface area contributed by atoms with Gasteiger partial charge in [-0.15, -0.1) is 0 Å². The van der Waals surface area contributed by atoms with Crippen LogP contribution in [-0.4, -0.2) is 10.1 Å². The highest BCUT2D eigenvalue weighted by atomic mass is 16.5. The Balaban J connectivity index is 2.79. The first kappa shape index (κ1) is 6.34. The molecular formula is C8H8N2O. The van der Waals surface area contributed by atoms with Crippen molar-refractivity contribution in [2.75, 3.05) is 0 Å². The second-order valence-corrected chi connectivity index (χ2v) is 2.36. The van der Waals surface area contributed by atoms with Gasteiger partial charge in [-0.25, -0.2) is 0 Å². The van der Waals surface area contributed by atoms with Crippen molar-refractivity contribution in [1.29, 1.82) is 0 Å². The molecule has 0 atom stereocenters. The zero-order valence-corrected chi connectivity index (χ0v) is 6.24. The monoisotopic (exact) mass is 148 g/mol. The first-order valence-electron chi connectivity index (χ1n) is 3.60. The summed E-state index contributed by atoms with van der Waals surface area (Å²) in [6, 6.07) is 1.89. The van der Waals surface area contributed by atoms with E-state index in [-0.39, 0.29) is 0 Å². The summed E-state index contributed by atoms with van der Waals surface area (Å²) in [7, 11) is 0. The van der Waals surface area contributed by atoms with Gasteiger partial charge in [0.2, 0.25) is 0 Å². The molecule has 0 saturated heterocycles. The van der Waals surface area contributed by atoms with Crippen LogP contribution in [0.25, 0.3) is 11.0 Å². The maximum absolute atomic E-state index is 5.03. The Hall–Kier alpha value is -1.38. The quantitative estimate of drug-likeness (QED) is 0.618. The minimum atomic E-state index is 0.815. The fourth-order valence-corrected chi connectivity index (χ4v) is 1.10. The van der Waals surface area contributed by atoms with Gasteiger partial charge in [0.15, 0.2) is 5.58 Å². The van der Waals surface area contributed by atoms with Crippen LogP contribution in [-0.2, 0) is 6.42 Å². The average Bonchev–Trinajstić information content (AvgIpc) is 2.50. The Morgan fingerprint density at radius 2 is 2.45 bits per heavy atom. The van der Waals surface area contributed by atoms with E-state index in [9.17, 15) is 0 Å². The van der Waals surface area contributed by atoms with Gasteiger partial charge in [-0.2, -0.15) is 0 Å². The molecule has 3 heteroatoms. The molecule has 56 valence electrons. The van der Waals surface area contributed by atoms with E-state index in [1.807, 2.05) is 13.0 Å². The third-order valence-corrected chi connectivity index (χ3v) is 1.68. The van der Waals surface area contributed by atoms with Crippen molar-refractivity contribution in [3.8, 4) is 0 Å². The highest BCUT2D eigenvalue weighted by Crippen LogP contribution is 2.15. The van der Waals surface area contributed by atoms with E-state index < -0.39 is 0 Å². The van der Waals surface area contributed by atoms with Crippen LogP contribution in [0, 0.1) is 0 Å². The first-order chi connectivity index (χ1) is 5.42. The largest absolute Gasteiger partial charge is 0.354 e. The minimum absolute atomic E-state index is 0.815. The Kier molecular flexibility index (Phi) is 1.35. The van der Waals surface area contributed by atoms with Gasteiger partial charge in [-0.1, -0.05) is 12.1 Å². The summed E-state index contributed by atoms with van der Waals surface area (Å²) in [6.07, 6.45) is 4.36. The van der Waals surface area contributed by atoms with Crippen LogP contribution in [0.4, 0.5) is 0 Å². The molecule has 0 amide bonds. The predicted octanol–water partition coefficient (Wildman–Crippen LogP) is 1.79. The molecule has 0 aliphatic rings. The topological polar surface area (TPSA) is 38.9 Å². The van der Waals surface area contributed by atoms with Crippen LogP contribution in [0.3, 0.4) is 0 Å².